The van der Waals surface area contributed by atoms with Gasteiger partial charge in [-0.15, -0.1) is 0 Å². The normalized spacial score (nSPS) is 14.5. The third-order valence-electron chi connectivity index (χ3n) is 4.75. The van der Waals surface area contributed by atoms with Crippen molar-refractivity contribution in [3.8, 4) is 0 Å². The van der Waals surface area contributed by atoms with Gasteiger partial charge in [0, 0.05) is 48.6 Å². The van der Waals surface area contributed by atoms with Gasteiger partial charge >= 0.3 is 0 Å². The average Bonchev–Trinajstić information content (AvgIpc) is 3.09. The summed E-state index contributed by atoms with van der Waals surface area (Å²) in [5, 5.41) is 0.844. The standard InChI is InChI=1S/C20H21FN4O2/c1-24(13-16-11-14-10-15(21)2-3-18(14)23-16)17-4-5-22-19(12-17)20(26)25-6-8-27-9-7-25/h2-5,10-12,23H,6-9,13H2,1H3. The molecule has 1 N–H and O–H groups in total. The number of hydrogen-bond acceptors (Lipinski definition) is 4. The number of hydrogen-bond donors (Lipinski definition) is 1. The Morgan fingerprint density at radius 1 is 1.26 bits per heavy atom. The molecular formula is C20H21FN4O2. The summed E-state index contributed by atoms with van der Waals surface area (Å²) in [6, 6.07) is 10.3. The lowest BCUT2D eigenvalue weighted by atomic mass is 10.2. The van der Waals surface area contributed by atoms with Gasteiger partial charge in [0.1, 0.15) is 11.5 Å². The Bertz CT molecular complexity index is 966. The monoisotopic (exact) mass is 368 g/mol. The van der Waals surface area contributed by atoms with Crippen molar-refractivity contribution >= 4 is 22.5 Å². The lowest BCUT2D eigenvalue weighted by Crippen LogP contribution is -2.41. The Morgan fingerprint density at radius 2 is 2.07 bits per heavy atom. The number of pyridine rings is 1. The Hall–Kier alpha value is -2.93. The highest BCUT2D eigenvalue weighted by molar-refractivity contribution is 5.93. The van der Waals surface area contributed by atoms with E-state index in [1.807, 2.05) is 24.1 Å². The third kappa shape index (κ3) is 3.78. The van der Waals surface area contributed by atoms with Crippen LogP contribution in [0.5, 0.6) is 0 Å². The van der Waals surface area contributed by atoms with Crippen LogP contribution in [-0.2, 0) is 11.3 Å². The summed E-state index contributed by atoms with van der Waals surface area (Å²) in [7, 11) is 1.95. The number of nitrogens with one attached hydrogen (secondary N) is 1. The number of H-pyrrole nitrogens is 1. The molecule has 4 rings (SSSR count). The fourth-order valence-corrected chi connectivity index (χ4v) is 3.30. The quantitative estimate of drug-likeness (QED) is 0.769. The molecule has 0 atom stereocenters. The number of rotatable bonds is 4. The zero-order valence-electron chi connectivity index (χ0n) is 15.1. The van der Waals surface area contributed by atoms with E-state index in [1.54, 1.807) is 23.2 Å². The molecule has 27 heavy (non-hydrogen) atoms. The fourth-order valence-electron chi connectivity index (χ4n) is 3.30. The maximum absolute atomic E-state index is 13.4. The first-order valence-corrected chi connectivity index (χ1v) is 8.91. The molecule has 2 aromatic heterocycles. The number of carbonyl (C=O) groups is 1. The van der Waals surface area contributed by atoms with Gasteiger partial charge in [-0.25, -0.2) is 4.39 Å². The molecule has 0 aliphatic carbocycles. The van der Waals surface area contributed by atoms with Crippen LogP contribution in [0, 0.1) is 5.82 Å². The van der Waals surface area contributed by atoms with Crippen molar-refractivity contribution in [3.05, 3.63) is 59.8 Å². The van der Waals surface area contributed by atoms with Crippen LogP contribution in [0.1, 0.15) is 16.2 Å². The summed E-state index contributed by atoms with van der Waals surface area (Å²) in [6.07, 6.45) is 1.65. The van der Waals surface area contributed by atoms with Gasteiger partial charge in [0.15, 0.2) is 0 Å². The molecule has 1 fully saturated rings. The molecule has 1 amide bonds. The second kappa shape index (κ2) is 7.36. The highest BCUT2D eigenvalue weighted by Gasteiger charge is 2.20. The molecule has 3 aromatic rings. The molecule has 1 aliphatic heterocycles. The van der Waals surface area contributed by atoms with Crippen LogP contribution >= 0.6 is 0 Å². The highest BCUT2D eigenvalue weighted by Crippen LogP contribution is 2.21. The van der Waals surface area contributed by atoms with E-state index in [2.05, 4.69) is 9.97 Å². The predicted molar refractivity (Wildman–Crippen MR) is 101 cm³/mol. The van der Waals surface area contributed by atoms with Gasteiger partial charge in [0.25, 0.3) is 5.91 Å². The summed E-state index contributed by atoms with van der Waals surface area (Å²) in [6.45, 7) is 2.91. The summed E-state index contributed by atoms with van der Waals surface area (Å²) in [4.78, 5) is 24.0. The Balaban J connectivity index is 1.51. The molecule has 0 bridgehead atoms. The van der Waals surface area contributed by atoms with Gasteiger partial charge in [-0.2, -0.15) is 0 Å². The first-order chi connectivity index (χ1) is 13.1. The maximum atomic E-state index is 13.4. The number of anilines is 1. The SMILES string of the molecule is CN(Cc1cc2cc(F)ccc2[nH]1)c1ccnc(C(=O)N2CCOCC2)c1. The Labute approximate surface area is 156 Å². The van der Waals surface area contributed by atoms with E-state index >= 15 is 0 Å². The molecule has 0 radical (unpaired) electrons. The first kappa shape index (κ1) is 17.5. The van der Waals surface area contributed by atoms with E-state index in [1.165, 1.54) is 12.1 Å². The minimum atomic E-state index is -0.248. The lowest BCUT2D eigenvalue weighted by Gasteiger charge is -2.27. The molecule has 6 nitrogen and oxygen atoms in total. The van der Waals surface area contributed by atoms with Gasteiger partial charge < -0.3 is 19.5 Å². The van der Waals surface area contributed by atoms with Crippen molar-refractivity contribution in [2.24, 2.45) is 0 Å². The van der Waals surface area contributed by atoms with Gasteiger partial charge in [-0.1, -0.05) is 0 Å². The van der Waals surface area contributed by atoms with Crippen molar-refractivity contribution in [2.45, 2.75) is 6.54 Å². The van der Waals surface area contributed by atoms with Gasteiger partial charge in [-0.05, 0) is 36.4 Å². The molecule has 7 heteroatoms. The average molecular weight is 368 g/mol. The number of morpholine rings is 1. The molecule has 140 valence electrons. The first-order valence-electron chi connectivity index (χ1n) is 8.91. The minimum Gasteiger partial charge on any atom is -0.378 e. The van der Waals surface area contributed by atoms with Crippen LogP contribution < -0.4 is 4.90 Å². The molecule has 1 saturated heterocycles. The third-order valence-corrected chi connectivity index (χ3v) is 4.75. The van der Waals surface area contributed by atoms with E-state index in [0.29, 0.717) is 38.5 Å². The van der Waals surface area contributed by atoms with Crippen molar-refractivity contribution in [3.63, 3.8) is 0 Å². The maximum Gasteiger partial charge on any atom is 0.272 e. The lowest BCUT2D eigenvalue weighted by molar-refractivity contribution is 0.0299. The number of amides is 1. The number of aromatic nitrogens is 2. The minimum absolute atomic E-state index is 0.0744. The van der Waals surface area contributed by atoms with Crippen LogP contribution in [0.25, 0.3) is 10.9 Å². The van der Waals surface area contributed by atoms with Gasteiger partial charge in [0.2, 0.25) is 0 Å². The zero-order valence-corrected chi connectivity index (χ0v) is 15.1. The van der Waals surface area contributed by atoms with Crippen LogP contribution in [0.15, 0.2) is 42.6 Å². The van der Waals surface area contributed by atoms with Crippen LogP contribution in [0.4, 0.5) is 10.1 Å². The summed E-state index contributed by atoms with van der Waals surface area (Å²) >= 11 is 0. The summed E-state index contributed by atoms with van der Waals surface area (Å²) in [5.41, 5.74) is 3.19. The van der Waals surface area contributed by atoms with Crippen molar-refractivity contribution in [1.82, 2.24) is 14.9 Å². The molecule has 0 unspecified atom stereocenters. The second-order valence-electron chi connectivity index (χ2n) is 6.69. The molecule has 0 spiro atoms. The van der Waals surface area contributed by atoms with Crippen molar-refractivity contribution < 1.29 is 13.9 Å². The smallest absolute Gasteiger partial charge is 0.272 e. The topological polar surface area (TPSA) is 61.5 Å². The van der Waals surface area contributed by atoms with Crippen molar-refractivity contribution in [2.75, 3.05) is 38.3 Å². The zero-order chi connectivity index (χ0) is 18.8. The fraction of sp³-hybridized carbons (Fsp3) is 0.300. The van der Waals surface area contributed by atoms with Crippen LogP contribution in [0.3, 0.4) is 0 Å². The molecule has 1 aromatic carbocycles. The van der Waals surface area contributed by atoms with Crippen molar-refractivity contribution in [1.29, 1.82) is 0 Å². The summed E-state index contributed by atoms with van der Waals surface area (Å²) < 4.78 is 18.7. The van der Waals surface area contributed by atoms with Gasteiger partial charge in [0.05, 0.1) is 19.8 Å². The Kier molecular flexibility index (Phi) is 4.77. The number of aromatic amines is 1. The summed E-state index contributed by atoms with van der Waals surface area (Å²) in [5.74, 6) is -0.323. The van der Waals surface area contributed by atoms with E-state index < -0.39 is 0 Å². The molecular weight excluding hydrogens is 347 g/mol. The van der Waals surface area contributed by atoms with Crippen LogP contribution in [-0.4, -0.2) is 54.1 Å². The predicted octanol–water partition coefficient (Wildman–Crippen LogP) is 2.81. The van der Waals surface area contributed by atoms with E-state index in [4.69, 9.17) is 4.74 Å². The molecule has 0 saturated carbocycles. The van der Waals surface area contributed by atoms with E-state index in [-0.39, 0.29) is 11.7 Å². The molecule has 3 heterocycles. The molecule has 1 aliphatic rings. The number of ether oxygens (including phenoxy) is 1. The van der Waals surface area contributed by atoms with E-state index in [9.17, 15) is 9.18 Å². The number of benzene rings is 1. The second-order valence-corrected chi connectivity index (χ2v) is 6.69. The highest BCUT2D eigenvalue weighted by atomic mass is 19.1. The largest absolute Gasteiger partial charge is 0.378 e. The number of carbonyl (C=O) groups excluding carboxylic acids is 1. The van der Waals surface area contributed by atoms with E-state index in [0.717, 1.165) is 22.3 Å². The number of nitrogens with zero attached hydrogens (tertiary/aromatic N) is 3. The van der Waals surface area contributed by atoms with Gasteiger partial charge in [-0.3, -0.25) is 9.78 Å². The van der Waals surface area contributed by atoms with Crippen LogP contribution in [0.2, 0.25) is 0 Å². The Morgan fingerprint density at radius 3 is 2.89 bits per heavy atom. The number of fused-ring (bicyclic) bond motifs is 1. The number of halogens is 1.